The van der Waals surface area contributed by atoms with Crippen molar-refractivity contribution in [1.29, 1.82) is 0 Å². The van der Waals surface area contributed by atoms with E-state index in [1.807, 2.05) is 0 Å². The molecule has 0 bridgehead atoms. The second-order valence-electron chi connectivity index (χ2n) is 8.70. The van der Waals surface area contributed by atoms with E-state index in [0.717, 1.165) is 21.8 Å². The number of carboxylic acid groups (broad SMARTS) is 1. The van der Waals surface area contributed by atoms with Crippen molar-refractivity contribution in [3.8, 4) is 0 Å². The number of carbonyl (C=O) groups is 4. The van der Waals surface area contributed by atoms with Gasteiger partial charge in [0.2, 0.25) is 0 Å². The quantitative estimate of drug-likeness (QED) is 0.111. The van der Waals surface area contributed by atoms with E-state index in [1.54, 1.807) is 52.0 Å². The van der Waals surface area contributed by atoms with Crippen molar-refractivity contribution in [3.05, 3.63) is 58.8 Å². The van der Waals surface area contributed by atoms with Gasteiger partial charge in [0, 0.05) is 23.6 Å². The molecule has 2 aliphatic rings. The third kappa shape index (κ3) is 4.85. The molecule has 1 saturated heterocycles. The van der Waals surface area contributed by atoms with E-state index < -0.39 is 29.2 Å². The van der Waals surface area contributed by atoms with Crippen LogP contribution in [0, 0.1) is 0 Å². The van der Waals surface area contributed by atoms with Crippen molar-refractivity contribution in [2.75, 3.05) is 18.1 Å². The number of nitrogens with zero attached hydrogens (tertiary/aromatic N) is 5. The Bertz CT molecular complexity index is 1580. The first kappa shape index (κ1) is 26.4. The number of oxime groups is 1. The third-order valence-corrected chi connectivity index (χ3v) is 8.19. The van der Waals surface area contributed by atoms with Crippen LogP contribution in [-0.4, -0.2) is 67.3 Å². The lowest BCUT2D eigenvalue weighted by molar-refractivity contribution is -0.688. The number of hydrogen-bond acceptors (Lipinski definition) is 11. The average molecular weight is 570 g/mol. The van der Waals surface area contributed by atoms with Crippen LogP contribution in [0.4, 0.5) is 5.13 Å². The fraction of sp³-hybridized carbons (Fsp3) is 0.292. The van der Waals surface area contributed by atoms with Crippen LogP contribution in [0.2, 0.25) is 0 Å². The predicted molar refractivity (Wildman–Crippen MR) is 139 cm³/mol. The van der Waals surface area contributed by atoms with Gasteiger partial charge in [0.25, 0.3) is 11.8 Å². The molecule has 39 heavy (non-hydrogen) atoms. The Morgan fingerprint density at radius 1 is 1.36 bits per heavy atom. The van der Waals surface area contributed by atoms with Gasteiger partial charge in [-0.3, -0.25) is 19.3 Å². The van der Waals surface area contributed by atoms with Gasteiger partial charge in [-0.25, -0.2) is 4.98 Å². The first-order valence-electron chi connectivity index (χ1n) is 11.8. The summed E-state index contributed by atoms with van der Waals surface area (Å²) in [4.78, 5) is 60.3. The van der Waals surface area contributed by atoms with Gasteiger partial charge >= 0.3 is 0 Å². The molecule has 15 heteroatoms. The number of amides is 2. The van der Waals surface area contributed by atoms with Gasteiger partial charge in [-0.2, -0.15) is 4.57 Å². The number of nitrogen functional groups attached to an aromatic ring is 1. The number of aliphatic carboxylic acids is 1. The van der Waals surface area contributed by atoms with Crippen LogP contribution in [0.5, 0.6) is 0 Å². The highest BCUT2D eigenvalue weighted by atomic mass is 32.2. The zero-order valence-corrected chi connectivity index (χ0v) is 22.5. The number of Topliss-reactive ketones (excluding diaryl/α,β-unsaturated/α-hetero) is 1. The molecule has 3 aromatic heterocycles. The number of thiazole rings is 1. The summed E-state index contributed by atoms with van der Waals surface area (Å²) < 4.78 is 3.52. The number of rotatable bonds is 9. The number of nitrogens with one attached hydrogen (secondary N) is 1. The average Bonchev–Trinajstić information content (AvgIpc) is 3.53. The molecule has 0 aromatic carbocycles. The summed E-state index contributed by atoms with van der Waals surface area (Å²) in [6, 6.07) is 2.54. The van der Waals surface area contributed by atoms with Gasteiger partial charge in [0.1, 0.15) is 29.2 Å². The van der Waals surface area contributed by atoms with Crippen molar-refractivity contribution in [3.63, 3.8) is 0 Å². The summed E-state index contributed by atoms with van der Waals surface area (Å²) in [6.07, 6.45) is 5.23. The number of nitrogens with two attached hydrogens (primary N) is 1. The number of thioether (sulfide) groups is 1. The number of anilines is 1. The zero-order valence-electron chi connectivity index (χ0n) is 20.8. The molecule has 1 fully saturated rings. The highest BCUT2D eigenvalue weighted by Crippen LogP contribution is 2.40. The Kier molecular flexibility index (Phi) is 7.10. The molecule has 2 aliphatic heterocycles. The van der Waals surface area contributed by atoms with E-state index in [2.05, 4.69) is 15.5 Å². The molecule has 3 N–H and O–H groups in total. The first-order chi connectivity index (χ1) is 18.7. The van der Waals surface area contributed by atoms with Gasteiger partial charge in [0.15, 0.2) is 35.6 Å². The number of aromatic nitrogens is 3. The van der Waals surface area contributed by atoms with Crippen LogP contribution in [0.25, 0.3) is 5.52 Å². The predicted octanol–water partition coefficient (Wildman–Crippen LogP) is -0.687. The fourth-order valence-corrected chi connectivity index (χ4v) is 6.32. The van der Waals surface area contributed by atoms with Crippen molar-refractivity contribution >= 4 is 63.0 Å². The van der Waals surface area contributed by atoms with E-state index in [1.165, 1.54) is 18.7 Å². The number of carbonyl (C=O) groups excluding carboxylic acids is 4. The smallest absolute Gasteiger partial charge is 0.276 e. The van der Waals surface area contributed by atoms with Crippen LogP contribution in [0.3, 0.4) is 0 Å². The van der Waals surface area contributed by atoms with Gasteiger partial charge in [-0.1, -0.05) is 5.16 Å². The monoisotopic (exact) mass is 569 g/mol. The molecule has 2 amide bonds. The molecule has 5 rings (SSSR count). The number of ketones is 1. The molecule has 0 saturated carbocycles. The summed E-state index contributed by atoms with van der Waals surface area (Å²) in [5.41, 5.74) is 7.31. The van der Waals surface area contributed by atoms with Crippen LogP contribution >= 0.6 is 23.1 Å². The second-order valence-corrected chi connectivity index (χ2v) is 10.7. The molecule has 202 valence electrons. The van der Waals surface area contributed by atoms with E-state index in [-0.39, 0.29) is 41.2 Å². The lowest BCUT2D eigenvalue weighted by atomic mass is 10.0. The molecular formula is C24H23N7O6S2. The lowest BCUT2D eigenvalue weighted by Gasteiger charge is -2.50. The maximum absolute atomic E-state index is 13.1. The topological polar surface area (TPSA) is 175 Å². The zero-order chi connectivity index (χ0) is 27.8. The van der Waals surface area contributed by atoms with Gasteiger partial charge < -0.3 is 30.2 Å². The van der Waals surface area contributed by atoms with Gasteiger partial charge in [-0.15, -0.1) is 23.1 Å². The molecule has 13 nitrogen and oxygen atoms in total. The maximum Gasteiger partial charge on any atom is 0.276 e. The van der Waals surface area contributed by atoms with Crippen molar-refractivity contribution < 1.29 is 33.7 Å². The van der Waals surface area contributed by atoms with Crippen LogP contribution in [-0.2, 0) is 25.8 Å². The minimum Gasteiger partial charge on any atom is -0.543 e. The largest absolute Gasteiger partial charge is 0.543 e. The number of fused-ring (bicyclic) bond motifs is 2. The number of β-lactam (4-membered cyclic amide) rings is 1. The Balaban J connectivity index is 1.36. The van der Waals surface area contributed by atoms with Crippen LogP contribution in [0.1, 0.15) is 30.0 Å². The Morgan fingerprint density at radius 2 is 2.15 bits per heavy atom. The Hall–Kier alpha value is -4.24. The molecule has 5 heterocycles. The van der Waals surface area contributed by atoms with Crippen molar-refractivity contribution in [1.82, 2.24) is 19.6 Å². The SMILES string of the molecule is CCO/N=C(\C(=O)N[C@@H]1C(=O)N2C(C(=O)[O-])=C(C[n+]3ccn4c(C(C)=O)ccc4c3)CS[C@H]12)c1csc(N)n1. The first-order valence-corrected chi connectivity index (χ1v) is 13.7. The minimum absolute atomic E-state index is 0.0747. The number of carboxylic acids is 1. The van der Waals surface area contributed by atoms with Crippen molar-refractivity contribution in [2.24, 2.45) is 5.16 Å². The number of hydrogen-bond donors (Lipinski definition) is 2. The van der Waals surface area contributed by atoms with Crippen LogP contribution in [0.15, 0.2) is 52.5 Å². The van der Waals surface area contributed by atoms with E-state index in [0.29, 0.717) is 17.0 Å². The second kappa shape index (κ2) is 10.5. The highest BCUT2D eigenvalue weighted by molar-refractivity contribution is 8.00. The molecule has 0 unspecified atom stereocenters. The molecule has 3 aromatic rings. The Labute approximate surface area is 229 Å². The summed E-state index contributed by atoms with van der Waals surface area (Å²) in [5, 5.41) is 19.8. The third-order valence-electron chi connectivity index (χ3n) is 6.18. The standard InChI is InChI=1S/C24H23N7O6S2/c1-3-37-28-17(15-11-39-24(25)26-15)20(33)27-18-21(34)31-19(23(35)36)13(10-38-22(18)31)8-29-6-7-30-14(9-29)4-5-16(30)12(2)32/h4-7,9,11,18,22H,3,8,10H2,1-2H3,(H3-,25,26,27,33,35,36)/b28-17-/t18-,22-/m1/s1. The van der Waals surface area contributed by atoms with Gasteiger partial charge in [0.05, 0.1) is 23.6 Å². The van der Waals surface area contributed by atoms with Crippen molar-refractivity contribution in [2.45, 2.75) is 31.8 Å². The molecule has 0 radical (unpaired) electrons. The molecule has 2 atom stereocenters. The van der Waals surface area contributed by atoms with E-state index in [4.69, 9.17) is 10.6 Å². The fourth-order valence-electron chi connectivity index (χ4n) is 4.44. The Morgan fingerprint density at radius 3 is 2.82 bits per heavy atom. The highest BCUT2D eigenvalue weighted by Gasteiger charge is 2.53. The summed E-state index contributed by atoms with van der Waals surface area (Å²) in [6.45, 7) is 3.58. The summed E-state index contributed by atoms with van der Waals surface area (Å²) in [7, 11) is 0. The summed E-state index contributed by atoms with van der Waals surface area (Å²) in [5.74, 6) is -2.53. The van der Waals surface area contributed by atoms with Crippen LogP contribution < -0.4 is 20.7 Å². The van der Waals surface area contributed by atoms with E-state index >= 15 is 0 Å². The minimum atomic E-state index is -1.48. The molecule has 0 aliphatic carbocycles. The lowest BCUT2D eigenvalue weighted by Crippen LogP contribution is -2.71. The van der Waals surface area contributed by atoms with Gasteiger partial charge in [-0.05, 0) is 19.1 Å². The van der Waals surface area contributed by atoms with E-state index in [9.17, 15) is 24.3 Å². The molecule has 0 spiro atoms. The normalized spacial score (nSPS) is 19.1. The molecular weight excluding hydrogens is 546 g/mol. The summed E-state index contributed by atoms with van der Waals surface area (Å²) >= 11 is 2.45. The maximum atomic E-state index is 13.1.